The number of carbonyl (C=O) groups excluding carboxylic acids is 2. The summed E-state index contributed by atoms with van der Waals surface area (Å²) in [5.74, 6) is 0.280. The van der Waals surface area contributed by atoms with Crippen LogP contribution in [0.25, 0.3) is 0 Å². The van der Waals surface area contributed by atoms with Crippen molar-refractivity contribution in [2.24, 2.45) is 5.92 Å². The Morgan fingerprint density at radius 3 is 2.50 bits per heavy atom. The van der Waals surface area contributed by atoms with E-state index in [1.165, 1.54) is 0 Å². The molecule has 0 radical (unpaired) electrons. The number of aliphatic hydroxyl groups is 1. The summed E-state index contributed by atoms with van der Waals surface area (Å²) in [5.41, 5.74) is -1.53. The van der Waals surface area contributed by atoms with Gasteiger partial charge in [0.15, 0.2) is 0 Å². The predicted octanol–water partition coefficient (Wildman–Crippen LogP) is 2.22. The van der Waals surface area contributed by atoms with Crippen molar-refractivity contribution in [3.8, 4) is 0 Å². The quantitative estimate of drug-likeness (QED) is 0.774. The van der Waals surface area contributed by atoms with Gasteiger partial charge in [-0.3, -0.25) is 4.79 Å². The van der Waals surface area contributed by atoms with E-state index in [1.54, 1.807) is 20.8 Å². The smallest absolute Gasteiger partial charge is 0.407 e. The normalized spacial score (nSPS) is 23.7. The molecule has 1 fully saturated rings. The lowest BCUT2D eigenvalue weighted by Crippen LogP contribution is -2.53. The first-order valence-electron chi connectivity index (χ1n) is 8.82. The van der Waals surface area contributed by atoms with Crippen LogP contribution in [0.5, 0.6) is 0 Å². The van der Waals surface area contributed by atoms with E-state index in [-0.39, 0.29) is 18.4 Å². The topological polar surface area (TPSA) is 78.9 Å². The molecule has 1 heterocycles. The minimum Gasteiger partial charge on any atom is -0.444 e. The van der Waals surface area contributed by atoms with Gasteiger partial charge in [-0.2, -0.15) is 0 Å². The molecule has 1 aliphatic carbocycles. The van der Waals surface area contributed by atoms with E-state index in [0.29, 0.717) is 25.9 Å². The molecule has 136 valence electrons. The van der Waals surface area contributed by atoms with Crippen molar-refractivity contribution in [3.05, 3.63) is 12.2 Å². The number of likely N-dealkylation sites (tertiary alicyclic amines) is 1. The maximum absolute atomic E-state index is 12.5. The average molecular weight is 338 g/mol. The zero-order valence-corrected chi connectivity index (χ0v) is 15.0. The molecule has 0 unspecified atom stereocenters. The molecule has 6 nitrogen and oxygen atoms in total. The Balaban J connectivity index is 1.77. The van der Waals surface area contributed by atoms with Crippen LogP contribution >= 0.6 is 0 Å². The number of amides is 2. The molecule has 0 aromatic rings. The highest BCUT2D eigenvalue weighted by molar-refractivity contribution is 5.79. The maximum atomic E-state index is 12.5. The number of piperidine rings is 1. The number of hydrogen-bond donors (Lipinski definition) is 2. The predicted molar refractivity (Wildman–Crippen MR) is 91.5 cm³/mol. The van der Waals surface area contributed by atoms with E-state index < -0.39 is 17.3 Å². The van der Waals surface area contributed by atoms with Crippen molar-refractivity contribution in [1.82, 2.24) is 10.2 Å². The molecule has 0 aromatic heterocycles. The van der Waals surface area contributed by atoms with E-state index in [0.717, 1.165) is 19.3 Å². The minimum absolute atomic E-state index is 0.0843. The minimum atomic E-state index is -0.972. The largest absolute Gasteiger partial charge is 0.444 e. The Labute approximate surface area is 144 Å². The SMILES string of the molecule is CC(C)(C)OC(=O)NCC1(O)CCN(C(=O)[C@H]2CC=CCC2)CC1. The van der Waals surface area contributed by atoms with Gasteiger partial charge in [-0.15, -0.1) is 0 Å². The second-order valence-corrected chi connectivity index (χ2v) is 7.89. The molecule has 6 heteroatoms. The molecule has 2 amide bonds. The Morgan fingerprint density at radius 1 is 1.29 bits per heavy atom. The van der Waals surface area contributed by atoms with Gasteiger partial charge in [-0.05, 0) is 52.9 Å². The van der Waals surface area contributed by atoms with Gasteiger partial charge in [0.25, 0.3) is 0 Å². The van der Waals surface area contributed by atoms with Crippen molar-refractivity contribution < 1.29 is 19.4 Å². The molecule has 2 rings (SSSR count). The summed E-state index contributed by atoms with van der Waals surface area (Å²) >= 11 is 0. The molecule has 0 spiro atoms. The van der Waals surface area contributed by atoms with Crippen molar-refractivity contribution >= 4 is 12.0 Å². The van der Waals surface area contributed by atoms with E-state index in [1.807, 2.05) is 4.90 Å². The molecule has 2 N–H and O–H groups in total. The summed E-state index contributed by atoms with van der Waals surface area (Å²) in [5, 5.41) is 13.2. The highest BCUT2D eigenvalue weighted by Gasteiger charge is 2.36. The number of alkyl carbamates (subject to hydrolysis) is 1. The van der Waals surface area contributed by atoms with Gasteiger partial charge in [0, 0.05) is 25.6 Å². The third kappa shape index (κ3) is 5.51. The lowest BCUT2D eigenvalue weighted by molar-refractivity contribution is -0.140. The third-order valence-electron chi connectivity index (χ3n) is 4.58. The van der Waals surface area contributed by atoms with Crippen molar-refractivity contribution in [1.29, 1.82) is 0 Å². The van der Waals surface area contributed by atoms with Crippen LogP contribution in [-0.2, 0) is 9.53 Å². The summed E-state index contributed by atoms with van der Waals surface area (Å²) < 4.78 is 5.18. The number of hydrogen-bond acceptors (Lipinski definition) is 4. The number of nitrogens with zero attached hydrogens (tertiary/aromatic N) is 1. The van der Waals surface area contributed by atoms with E-state index in [2.05, 4.69) is 17.5 Å². The van der Waals surface area contributed by atoms with Gasteiger partial charge >= 0.3 is 6.09 Å². The lowest BCUT2D eigenvalue weighted by Gasteiger charge is -2.39. The van der Waals surface area contributed by atoms with Crippen molar-refractivity contribution in [2.45, 2.75) is 64.1 Å². The summed E-state index contributed by atoms with van der Waals surface area (Å²) in [6.07, 6.45) is 7.32. The van der Waals surface area contributed by atoms with E-state index in [4.69, 9.17) is 4.74 Å². The lowest BCUT2D eigenvalue weighted by atomic mass is 9.88. The van der Waals surface area contributed by atoms with E-state index >= 15 is 0 Å². The van der Waals surface area contributed by atoms with Crippen molar-refractivity contribution in [3.63, 3.8) is 0 Å². The highest BCUT2D eigenvalue weighted by atomic mass is 16.6. The Hall–Kier alpha value is -1.56. The van der Waals surface area contributed by atoms with Crippen molar-refractivity contribution in [2.75, 3.05) is 19.6 Å². The highest BCUT2D eigenvalue weighted by Crippen LogP contribution is 2.26. The Bertz CT molecular complexity index is 488. The number of carbonyl (C=O) groups is 2. The van der Waals surface area contributed by atoms with Crippen LogP contribution in [0.1, 0.15) is 52.9 Å². The first kappa shape index (κ1) is 18.8. The molecule has 1 atom stereocenters. The zero-order valence-electron chi connectivity index (χ0n) is 15.0. The van der Waals surface area contributed by atoms with Crippen LogP contribution < -0.4 is 5.32 Å². The first-order valence-corrected chi connectivity index (χ1v) is 8.82. The fourth-order valence-corrected chi connectivity index (χ4v) is 3.15. The number of nitrogens with one attached hydrogen (secondary N) is 1. The number of allylic oxidation sites excluding steroid dienone is 2. The van der Waals surface area contributed by atoms with Crippen LogP contribution in [0.4, 0.5) is 4.79 Å². The fraction of sp³-hybridized carbons (Fsp3) is 0.778. The second-order valence-electron chi connectivity index (χ2n) is 7.89. The molecule has 2 aliphatic rings. The molecule has 1 saturated heterocycles. The Kier molecular flexibility index (Phi) is 5.91. The molecular formula is C18H30N2O4. The average Bonchev–Trinajstić information content (AvgIpc) is 2.52. The van der Waals surface area contributed by atoms with Gasteiger partial charge < -0.3 is 20.1 Å². The zero-order chi connectivity index (χ0) is 17.8. The number of rotatable bonds is 3. The number of ether oxygens (including phenoxy) is 1. The fourth-order valence-electron chi connectivity index (χ4n) is 3.15. The summed E-state index contributed by atoms with van der Waals surface area (Å²) in [6.45, 7) is 6.61. The van der Waals surface area contributed by atoms with Crippen LogP contribution in [0.15, 0.2) is 12.2 Å². The van der Waals surface area contributed by atoms with Gasteiger partial charge in [-0.1, -0.05) is 12.2 Å². The summed E-state index contributed by atoms with van der Waals surface area (Å²) in [6, 6.07) is 0. The Morgan fingerprint density at radius 2 is 1.96 bits per heavy atom. The third-order valence-corrected chi connectivity index (χ3v) is 4.58. The molecule has 24 heavy (non-hydrogen) atoms. The molecule has 1 aliphatic heterocycles. The summed E-state index contributed by atoms with van der Waals surface area (Å²) in [4.78, 5) is 26.1. The van der Waals surface area contributed by atoms with Crippen LogP contribution in [0.3, 0.4) is 0 Å². The van der Waals surface area contributed by atoms with Crippen LogP contribution in [0, 0.1) is 5.92 Å². The maximum Gasteiger partial charge on any atom is 0.407 e. The summed E-state index contributed by atoms with van der Waals surface area (Å²) in [7, 11) is 0. The second kappa shape index (κ2) is 7.55. The van der Waals surface area contributed by atoms with Crippen LogP contribution in [-0.4, -0.2) is 52.8 Å². The van der Waals surface area contributed by atoms with Gasteiger partial charge in [0.2, 0.25) is 5.91 Å². The van der Waals surface area contributed by atoms with E-state index in [9.17, 15) is 14.7 Å². The molecule has 0 bridgehead atoms. The molecule has 0 aromatic carbocycles. The van der Waals surface area contributed by atoms with Gasteiger partial charge in [0.05, 0.1) is 5.60 Å². The van der Waals surface area contributed by atoms with Gasteiger partial charge in [-0.25, -0.2) is 4.79 Å². The molecular weight excluding hydrogens is 308 g/mol. The first-order chi connectivity index (χ1) is 11.2. The standard InChI is InChI=1S/C18H30N2O4/c1-17(2,3)24-16(22)19-13-18(23)9-11-20(12-10-18)15(21)14-7-5-4-6-8-14/h4-5,14,23H,6-13H2,1-3H3,(H,19,22)/t14-/m0/s1. The van der Waals surface area contributed by atoms with Crippen LogP contribution in [0.2, 0.25) is 0 Å². The molecule has 0 saturated carbocycles. The van der Waals surface area contributed by atoms with Gasteiger partial charge in [0.1, 0.15) is 5.60 Å². The monoisotopic (exact) mass is 338 g/mol.